The summed E-state index contributed by atoms with van der Waals surface area (Å²) in [5, 5.41) is 10.3. The second-order valence-electron chi connectivity index (χ2n) is 3.14. The smallest absolute Gasteiger partial charge is 0.0949 e. The third-order valence-electron chi connectivity index (χ3n) is 2.26. The third kappa shape index (κ3) is 2.93. The number of nitrogens with zero attached hydrogens (tertiary/aromatic N) is 2. The summed E-state index contributed by atoms with van der Waals surface area (Å²) in [4.78, 5) is 4.58. The molecule has 0 aromatic heterocycles. The van der Waals surface area contributed by atoms with E-state index in [-0.39, 0.29) is 6.61 Å². The van der Waals surface area contributed by atoms with Crippen LogP contribution in [0.5, 0.6) is 0 Å². The number of piperazine rings is 1. The van der Waals surface area contributed by atoms with Crippen LogP contribution >= 0.6 is 0 Å². The van der Waals surface area contributed by atoms with E-state index in [1.807, 2.05) is 6.08 Å². The van der Waals surface area contributed by atoms with Crippen LogP contribution in [0.25, 0.3) is 0 Å². The summed E-state index contributed by atoms with van der Waals surface area (Å²) >= 11 is 0. The second-order valence-corrected chi connectivity index (χ2v) is 3.14. The summed E-state index contributed by atoms with van der Waals surface area (Å²) in [6, 6.07) is 0. The Morgan fingerprint density at radius 1 is 1.17 bits per heavy atom. The van der Waals surface area contributed by atoms with Crippen molar-refractivity contribution in [2.24, 2.45) is 0 Å². The molecule has 0 N–H and O–H groups in total. The van der Waals surface area contributed by atoms with Crippen molar-refractivity contribution in [2.75, 3.05) is 45.9 Å². The van der Waals surface area contributed by atoms with E-state index < -0.39 is 0 Å². The quantitative estimate of drug-likeness (QED) is 0.563. The molecule has 0 bridgehead atoms. The lowest BCUT2D eigenvalue weighted by molar-refractivity contribution is 0.0972. The summed E-state index contributed by atoms with van der Waals surface area (Å²) in [6.45, 7) is 9.65. The molecule has 1 fully saturated rings. The fourth-order valence-electron chi connectivity index (χ4n) is 1.51. The van der Waals surface area contributed by atoms with E-state index in [1.54, 1.807) is 0 Å². The lowest BCUT2D eigenvalue weighted by atomic mass is 10.3. The van der Waals surface area contributed by atoms with Crippen molar-refractivity contribution in [2.45, 2.75) is 0 Å². The van der Waals surface area contributed by atoms with Gasteiger partial charge in [0.2, 0.25) is 0 Å². The molecule has 69 valence electrons. The van der Waals surface area contributed by atoms with E-state index >= 15 is 0 Å². The van der Waals surface area contributed by atoms with Gasteiger partial charge in [0.1, 0.15) is 0 Å². The van der Waals surface area contributed by atoms with Crippen molar-refractivity contribution in [1.29, 1.82) is 0 Å². The minimum Gasteiger partial charge on any atom is -0.298 e. The average Bonchev–Trinajstić information content (AvgIpc) is 2.09. The van der Waals surface area contributed by atoms with Gasteiger partial charge in [-0.25, -0.2) is 5.11 Å². The van der Waals surface area contributed by atoms with E-state index in [1.165, 1.54) is 0 Å². The van der Waals surface area contributed by atoms with Gasteiger partial charge in [0.05, 0.1) is 6.61 Å². The van der Waals surface area contributed by atoms with Crippen molar-refractivity contribution >= 4 is 0 Å². The lowest BCUT2D eigenvalue weighted by Crippen LogP contribution is -2.46. The highest BCUT2D eigenvalue weighted by molar-refractivity contribution is 4.78. The van der Waals surface area contributed by atoms with Crippen LogP contribution in [0.1, 0.15) is 0 Å². The molecule has 0 unspecified atom stereocenters. The van der Waals surface area contributed by atoms with Gasteiger partial charge in [0.25, 0.3) is 0 Å². The molecule has 0 atom stereocenters. The summed E-state index contributed by atoms with van der Waals surface area (Å²) < 4.78 is 0. The molecular weight excluding hydrogens is 152 g/mol. The number of rotatable bonds is 4. The molecule has 0 aromatic carbocycles. The van der Waals surface area contributed by atoms with Gasteiger partial charge in [-0.05, 0) is 0 Å². The van der Waals surface area contributed by atoms with Crippen LogP contribution < -0.4 is 0 Å². The van der Waals surface area contributed by atoms with Crippen LogP contribution in [0.15, 0.2) is 12.7 Å². The van der Waals surface area contributed by atoms with Gasteiger partial charge in [-0.3, -0.25) is 9.80 Å². The highest BCUT2D eigenvalue weighted by Gasteiger charge is 2.14. The van der Waals surface area contributed by atoms with Gasteiger partial charge in [-0.1, -0.05) is 6.08 Å². The Morgan fingerprint density at radius 2 is 1.75 bits per heavy atom. The van der Waals surface area contributed by atoms with Crippen molar-refractivity contribution in [3.8, 4) is 0 Å². The van der Waals surface area contributed by atoms with E-state index in [9.17, 15) is 5.11 Å². The maximum atomic E-state index is 10.3. The van der Waals surface area contributed by atoms with Crippen LogP contribution in [0.3, 0.4) is 0 Å². The summed E-state index contributed by atoms with van der Waals surface area (Å²) in [6.07, 6.45) is 1.93. The topological polar surface area (TPSA) is 26.4 Å². The first-order chi connectivity index (χ1) is 5.86. The van der Waals surface area contributed by atoms with Gasteiger partial charge < -0.3 is 0 Å². The number of hydrogen-bond donors (Lipinski definition) is 0. The minimum absolute atomic E-state index is 0.0292. The predicted octanol–water partition coefficient (Wildman–Crippen LogP) is 0.220. The van der Waals surface area contributed by atoms with Gasteiger partial charge in [0, 0.05) is 39.3 Å². The molecule has 0 aliphatic carbocycles. The zero-order chi connectivity index (χ0) is 8.81. The third-order valence-corrected chi connectivity index (χ3v) is 2.26. The molecular formula is C9H17N2O. The van der Waals surface area contributed by atoms with Gasteiger partial charge in [-0.2, -0.15) is 0 Å². The SMILES string of the molecule is C=CCN1CCN(CC[O])CC1. The van der Waals surface area contributed by atoms with Gasteiger partial charge in [-0.15, -0.1) is 6.58 Å². The van der Waals surface area contributed by atoms with Crippen LogP contribution in [-0.2, 0) is 5.11 Å². The Bertz CT molecular complexity index is 130. The van der Waals surface area contributed by atoms with Crippen molar-refractivity contribution in [3.05, 3.63) is 12.7 Å². The monoisotopic (exact) mass is 169 g/mol. The molecule has 1 radical (unpaired) electrons. The fourth-order valence-corrected chi connectivity index (χ4v) is 1.51. The molecule has 12 heavy (non-hydrogen) atoms. The molecule has 0 saturated carbocycles. The first kappa shape index (κ1) is 9.71. The molecule has 1 heterocycles. The molecule has 1 rings (SSSR count). The lowest BCUT2D eigenvalue weighted by Gasteiger charge is -2.33. The van der Waals surface area contributed by atoms with Crippen LogP contribution in [0, 0.1) is 0 Å². The summed E-state index contributed by atoms with van der Waals surface area (Å²) in [5.74, 6) is 0. The molecule has 1 aliphatic rings. The Labute approximate surface area is 74.3 Å². The summed E-state index contributed by atoms with van der Waals surface area (Å²) in [7, 11) is 0. The molecule has 3 heteroatoms. The van der Waals surface area contributed by atoms with E-state index in [0.29, 0.717) is 6.54 Å². The molecule has 0 amide bonds. The average molecular weight is 169 g/mol. The maximum absolute atomic E-state index is 10.3. The Morgan fingerprint density at radius 3 is 2.25 bits per heavy atom. The standard InChI is InChI=1S/C9H17N2O/c1-2-3-10-4-6-11(7-5-10)8-9-12/h2H,1,3-9H2. The maximum Gasteiger partial charge on any atom is 0.0949 e. The van der Waals surface area contributed by atoms with E-state index in [2.05, 4.69) is 16.4 Å². The highest BCUT2D eigenvalue weighted by Crippen LogP contribution is 2.00. The molecule has 3 nitrogen and oxygen atoms in total. The molecule has 1 aliphatic heterocycles. The first-order valence-electron chi connectivity index (χ1n) is 4.50. The summed E-state index contributed by atoms with van der Waals surface area (Å²) in [5.41, 5.74) is 0. The van der Waals surface area contributed by atoms with Crippen molar-refractivity contribution in [1.82, 2.24) is 9.80 Å². The Balaban J connectivity index is 2.15. The first-order valence-corrected chi connectivity index (χ1v) is 4.50. The van der Waals surface area contributed by atoms with Gasteiger partial charge in [0.15, 0.2) is 0 Å². The van der Waals surface area contributed by atoms with Crippen LogP contribution in [0.2, 0.25) is 0 Å². The predicted molar refractivity (Wildman–Crippen MR) is 48.6 cm³/mol. The minimum atomic E-state index is 0.0292. The van der Waals surface area contributed by atoms with Crippen LogP contribution in [-0.4, -0.2) is 55.7 Å². The zero-order valence-corrected chi connectivity index (χ0v) is 7.54. The van der Waals surface area contributed by atoms with E-state index in [4.69, 9.17) is 0 Å². The molecule has 0 aromatic rings. The molecule has 0 spiro atoms. The van der Waals surface area contributed by atoms with Gasteiger partial charge >= 0.3 is 0 Å². The molecule has 1 saturated heterocycles. The largest absolute Gasteiger partial charge is 0.298 e. The fraction of sp³-hybridized carbons (Fsp3) is 0.778. The number of hydrogen-bond acceptors (Lipinski definition) is 2. The van der Waals surface area contributed by atoms with Crippen LogP contribution in [0.4, 0.5) is 0 Å². The van der Waals surface area contributed by atoms with E-state index in [0.717, 1.165) is 32.7 Å². The second kappa shape index (κ2) is 5.30. The van der Waals surface area contributed by atoms with Crippen molar-refractivity contribution in [3.63, 3.8) is 0 Å². The Kier molecular flexibility index (Phi) is 4.29. The highest BCUT2D eigenvalue weighted by atomic mass is 16.3. The van der Waals surface area contributed by atoms with Crippen molar-refractivity contribution < 1.29 is 5.11 Å². The normalized spacial score (nSPS) is 21.1. The Hall–Kier alpha value is -0.380. The zero-order valence-electron chi connectivity index (χ0n) is 7.54.